The van der Waals surface area contributed by atoms with Crippen molar-refractivity contribution in [2.75, 3.05) is 19.0 Å². The van der Waals surface area contributed by atoms with E-state index in [0.29, 0.717) is 35.3 Å². The first-order chi connectivity index (χ1) is 14.7. The number of rotatable bonds is 9. The molecule has 3 aromatic rings. The monoisotopic (exact) mass is 403 g/mol. The van der Waals surface area contributed by atoms with Crippen molar-refractivity contribution in [3.8, 4) is 23.0 Å². The smallest absolute Gasteiger partial charge is 0.248 e. The first-order valence-corrected chi connectivity index (χ1v) is 9.81. The number of ether oxygens (including phenoxy) is 3. The molecule has 0 aliphatic rings. The molecule has 0 unspecified atom stereocenters. The predicted molar refractivity (Wildman–Crippen MR) is 119 cm³/mol. The van der Waals surface area contributed by atoms with E-state index >= 15 is 0 Å². The van der Waals surface area contributed by atoms with Crippen molar-refractivity contribution >= 4 is 17.7 Å². The van der Waals surface area contributed by atoms with E-state index in [0.717, 1.165) is 12.0 Å². The van der Waals surface area contributed by atoms with Gasteiger partial charge in [-0.05, 0) is 54.5 Å². The van der Waals surface area contributed by atoms with Crippen LogP contribution >= 0.6 is 0 Å². The third kappa shape index (κ3) is 5.88. The van der Waals surface area contributed by atoms with Gasteiger partial charge in [-0.15, -0.1) is 0 Å². The zero-order chi connectivity index (χ0) is 21.2. The fourth-order valence-electron chi connectivity index (χ4n) is 2.74. The number of carbonyl (C=O) groups excluding carboxylic acids is 1. The molecular weight excluding hydrogens is 378 g/mol. The molecule has 0 aliphatic carbocycles. The molecule has 3 rings (SSSR count). The number of anilines is 1. The summed E-state index contributed by atoms with van der Waals surface area (Å²) >= 11 is 0. The summed E-state index contributed by atoms with van der Waals surface area (Å²) < 4.78 is 16.9. The first-order valence-electron chi connectivity index (χ1n) is 9.81. The summed E-state index contributed by atoms with van der Waals surface area (Å²) in [6.45, 7) is 2.67. The van der Waals surface area contributed by atoms with E-state index in [1.165, 1.54) is 6.08 Å². The molecule has 0 aromatic heterocycles. The van der Waals surface area contributed by atoms with E-state index in [-0.39, 0.29) is 5.91 Å². The van der Waals surface area contributed by atoms with Crippen LogP contribution in [0.15, 0.2) is 78.9 Å². The van der Waals surface area contributed by atoms with Crippen molar-refractivity contribution in [3.05, 3.63) is 84.4 Å². The number of hydrogen-bond donors (Lipinski definition) is 1. The van der Waals surface area contributed by atoms with Crippen molar-refractivity contribution in [3.63, 3.8) is 0 Å². The van der Waals surface area contributed by atoms with Gasteiger partial charge >= 0.3 is 0 Å². The van der Waals surface area contributed by atoms with Gasteiger partial charge in [0.2, 0.25) is 5.91 Å². The highest BCUT2D eigenvalue weighted by molar-refractivity contribution is 6.02. The highest BCUT2D eigenvalue weighted by atomic mass is 16.5. The number of methoxy groups -OCH3 is 1. The summed E-state index contributed by atoms with van der Waals surface area (Å²) in [5.41, 5.74) is 1.43. The van der Waals surface area contributed by atoms with Gasteiger partial charge in [-0.3, -0.25) is 4.79 Å². The van der Waals surface area contributed by atoms with Crippen LogP contribution in [0.1, 0.15) is 18.9 Å². The summed E-state index contributed by atoms with van der Waals surface area (Å²) in [5.74, 6) is 2.33. The minimum absolute atomic E-state index is 0.260. The van der Waals surface area contributed by atoms with Crippen molar-refractivity contribution in [2.45, 2.75) is 13.3 Å². The SMILES string of the molecule is CCCOc1ccc(/C=C/C(=O)Nc2ccccc2Oc2ccccc2)cc1OC. The standard InChI is InChI=1S/C25H25NO4/c1-3-17-29-23-15-13-19(18-24(23)28-2)14-16-25(27)26-21-11-7-8-12-22(21)30-20-9-5-4-6-10-20/h4-16,18H,3,17H2,1-2H3,(H,26,27)/b16-14+. The Hall–Kier alpha value is -3.73. The maximum Gasteiger partial charge on any atom is 0.248 e. The molecule has 0 saturated heterocycles. The second kappa shape index (κ2) is 10.7. The fraction of sp³-hybridized carbons (Fsp3) is 0.160. The number of para-hydroxylation sites is 3. The Kier molecular flexibility index (Phi) is 7.50. The van der Waals surface area contributed by atoms with Crippen LogP contribution in [0, 0.1) is 0 Å². The number of carbonyl (C=O) groups is 1. The molecule has 0 radical (unpaired) electrons. The lowest BCUT2D eigenvalue weighted by molar-refractivity contribution is -0.111. The van der Waals surface area contributed by atoms with Gasteiger partial charge in [-0.2, -0.15) is 0 Å². The summed E-state index contributed by atoms with van der Waals surface area (Å²) in [4.78, 5) is 12.4. The molecule has 0 aliphatic heterocycles. The minimum Gasteiger partial charge on any atom is -0.493 e. The average molecular weight is 403 g/mol. The lowest BCUT2D eigenvalue weighted by Gasteiger charge is -2.11. The normalized spacial score (nSPS) is 10.6. The molecule has 0 spiro atoms. The van der Waals surface area contributed by atoms with E-state index < -0.39 is 0 Å². The first kappa shape index (κ1) is 21.0. The summed E-state index contributed by atoms with van der Waals surface area (Å²) in [5, 5.41) is 2.86. The van der Waals surface area contributed by atoms with Gasteiger partial charge in [0.15, 0.2) is 17.2 Å². The van der Waals surface area contributed by atoms with Gasteiger partial charge in [0.05, 0.1) is 19.4 Å². The zero-order valence-corrected chi connectivity index (χ0v) is 17.1. The Morgan fingerprint density at radius 1 is 0.933 bits per heavy atom. The van der Waals surface area contributed by atoms with Crippen LogP contribution in [-0.4, -0.2) is 19.6 Å². The van der Waals surface area contributed by atoms with Crippen molar-refractivity contribution < 1.29 is 19.0 Å². The van der Waals surface area contributed by atoms with E-state index in [1.54, 1.807) is 19.3 Å². The second-order valence-electron chi connectivity index (χ2n) is 6.49. The molecule has 30 heavy (non-hydrogen) atoms. The molecule has 5 nitrogen and oxygen atoms in total. The summed E-state index contributed by atoms with van der Waals surface area (Å²) in [6.07, 6.45) is 4.11. The lowest BCUT2D eigenvalue weighted by Crippen LogP contribution is -2.08. The van der Waals surface area contributed by atoms with Crippen molar-refractivity contribution in [2.24, 2.45) is 0 Å². The molecule has 0 atom stereocenters. The van der Waals surface area contributed by atoms with E-state index in [1.807, 2.05) is 73.7 Å². The maximum atomic E-state index is 12.4. The molecular formula is C25H25NO4. The Balaban J connectivity index is 1.68. The largest absolute Gasteiger partial charge is 0.493 e. The number of amides is 1. The van der Waals surface area contributed by atoms with Gasteiger partial charge in [0, 0.05) is 6.08 Å². The lowest BCUT2D eigenvalue weighted by atomic mass is 10.2. The Morgan fingerprint density at radius 3 is 2.47 bits per heavy atom. The van der Waals surface area contributed by atoms with Gasteiger partial charge in [0.1, 0.15) is 5.75 Å². The van der Waals surface area contributed by atoms with Crippen LogP contribution in [0.5, 0.6) is 23.0 Å². The topological polar surface area (TPSA) is 56.8 Å². The van der Waals surface area contributed by atoms with E-state index in [9.17, 15) is 4.79 Å². The van der Waals surface area contributed by atoms with Crippen LogP contribution in [0.4, 0.5) is 5.69 Å². The molecule has 0 heterocycles. The molecule has 0 fully saturated rings. The highest BCUT2D eigenvalue weighted by Gasteiger charge is 2.08. The average Bonchev–Trinajstić information content (AvgIpc) is 2.78. The van der Waals surface area contributed by atoms with E-state index in [4.69, 9.17) is 14.2 Å². The van der Waals surface area contributed by atoms with E-state index in [2.05, 4.69) is 5.32 Å². The minimum atomic E-state index is -0.260. The maximum absolute atomic E-state index is 12.4. The number of nitrogens with one attached hydrogen (secondary N) is 1. The molecule has 1 N–H and O–H groups in total. The van der Waals surface area contributed by atoms with Crippen LogP contribution in [0.25, 0.3) is 6.08 Å². The van der Waals surface area contributed by atoms with Gasteiger partial charge < -0.3 is 19.5 Å². The van der Waals surface area contributed by atoms with Crippen LogP contribution in [0.2, 0.25) is 0 Å². The Morgan fingerprint density at radius 2 is 1.70 bits per heavy atom. The third-order valence-electron chi connectivity index (χ3n) is 4.19. The van der Waals surface area contributed by atoms with Gasteiger partial charge in [0.25, 0.3) is 0 Å². The fourth-order valence-corrected chi connectivity index (χ4v) is 2.74. The summed E-state index contributed by atoms with van der Waals surface area (Å²) in [6, 6.07) is 22.3. The summed E-state index contributed by atoms with van der Waals surface area (Å²) in [7, 11) is 1.60. The van der Waals surface area contributed by atoms with Crippen molar-refractivity contribution in [1.29, 1.82) is 0 Å². The quantitative estimate of drug-likeness (QED) is 0.450. The van der Waals surface area contributed by atoms with Crippen molar-refractivity contribution in [1.82, 2.24) is 0 Å². The molecule has 0 saturated carbocycles. The molecule has 5 heteroatoms. The van der Waals surface area contributed by atoms with Crippen LogP contribution in [0.3, 0.4) is 0 Å². The Labute approximate surface area is 176 Å². The number of hydrogen-bond acceptors (Lipinski definition) is 4. The Bertz CT molecular complexity index is 999. The molecule has 1 amide bonds. The zero-order valence-electron chi connectivity index (χ0n) is 17.1. The van der Waals surface area contributed by atoms with Gasteiger partial charge in [-0.1, -0.05) is 43.3 Å². The molecule has 0 bridgehead atoms. The third-order valence-corrected chi connectivity index (χ3v) is 4.19. The van der Waals surface area contributed by atoms with Crippen LogP contribution < -0.4 is 19.5 Å². The predicted octanol–water partition coefficient (Wildman–Crippen LogP) is 5.93. The number of benzene rings is 3. The highest BCUT2D eigenvalue weighted by Crippen LogP contribution is 2.30. The van der Waals surface area contributed by atoms with Gasteiger partial charge in [-0.25, -0.2) is 0 Å². The molecule has 154 valence electrons. The second-order valence-corrected chi connectivity index (χ2v) is 6.49. The molecule has 3 aromatic carbocycles. The van der Waals surface area contributed by atoms with Crippen LogP contribution in [-0.2, 0) is 4.79 Å².